The van der Waals surface area contributed by atoms with Gasteiger partial charge in [-0.3, -0.25) is 4.68 Å². The summed E-state index contributed by atoms with van der Waals surface area (Å²) in [6.07, 6.45) is 0. The molecule has 1 aromatic carbocycles. The predicted octanol–water partition coefficient (Wildman–Crippen LogP) is 2.80. The van der Waals surface area contributed by atoms with Gasteiger partial charge in [0, 0.05) is 18.2 Å². The van der Waals surface area contributed by atoms with Gasteiger partial charge in [0.25, 0.3) is 0 Å². The zero-order chi connectivity index (χ0) is 13.3. The van der Waals surface area contributed by atoms with E-state index in [0.717, 1.165) is 22.6 Å². The van der Waals surface area contributed by atoms with Gasteiger partial charge in [-0.2, -0.15) is 5.10 Å². The summed E-state index contributed by atoms with van der Waals surface area (Å²) < 4.78 is 7.10. The zero-order valence-electron chi connectivity index (χ0n) is 11.3. The number of nitrogens with zero attached hydrogens (tertiary/aromatic N) is 2. The molecule has 0 unspecified atom stereocenters. The standard InChI is InChI=1S/C14H19N3O/c1-9(2)12-13(17(3)16-14(12)15)10-6-5-7-11(8-10)18-4/h5-9H,1-4H3,(H2,15,16). The third kappa shape index (κ3) is 2.06. The van der Waals surface area contributed by atoms with Gasteiger partial charge >= 0.3 is 0 Å². The van der Waals surface area contributed by atoms with Crippen molar-refractivity contribution >= 4 is 5.82 Å². The van der Waals surface area contributed by atoms with Gasteiger partial charge in [0.05, 0.1) is 12.8 Å². The smallest absolute Gasteiger partial charge is 0.149 e. The molecule has 0 saturated heterocycles. The molecule has 0 radical (unpaired) electrons. The van der Waals surface area contributed by atoms with E-state index in [1.165, 1.54) is 0 Å². The van der Waals surface area contributed by atoms with Crippen LogP contribution in [0.2, 0.25) is 0 Å². The molecule has 0 amide bonds. The Morgan fingerprint density at radius 2 is 2.06 bits per heavy atom. The van der Waals surface area contributed by atoms with Gasteiger partial charge < -0.3 is 10.5 Å². The maximum atomic E-state index is 5.99. The van der Waals surface area contributed by atoms with E-state index in [-0.39, 0.29) is 0 Å². The van der Waals surface area contributed by atoms with Crippen molar-refractivity contribution in [2.75, 3.05) is 12.8 Å². The first-order chi connectivity index (χ1) is 8.54. The topological polar surface area (TPSA) is 53.1 Å². The Morgan fingerprint density at radius 3 is 2.67 bits per heavy atom. The van der Waals surface area contributed by atoms with Crippen LogP contribution in [0.5, 0.6) is 5.75 Å². The van der Waals surface area contributed by atoms with Gasteiger partial charge in [0.1, 0.15) is 11.6 Å². The Bertz CT molecular complexity index is 558. The normalized spacial score (nSPS) is 10.9. The fraction of sp³-hybridized carbons (Fsp3) is 0.357. The molecule has 96 valence electrons. The highest BCUT2D eigenvalue weighted by Crippen LogP contribution is 2.34. The number of benzene rings is 1. The van der Waals surface area contributed by atoms with Crippen LogP contribution in [0.4, 0.5) is 5.82 Å². The van der Waals surface area contributed by atoms with Crippen LogP contribution in [0.25, 0.3) is 11.3 Å². The van der Waals surface area contributed by atoms with E-state index in [4.69, 9.17) is 10.5 Å². The van der Waals surface area contributed by atoms with Crippen molar-refractivity contribution in [1.82, 2.24) is 9.78 Å². The van der Waals surface area contributed by atoms with Crippen molar-refractivity contribution in [1.29, 1.82) is 0 Å². The maximum Gasteiger partial charge on any atom is 0.149 e. The van der Waals surface area contributed by atoms with Crippen molar-refractivity contribution in [2.45, 2.75) is 19.8 Å². The number of hydrogen-bond acceptors (Lipinski definition) is 3. The molecule has 1 heterocycles. The molecule has 0 saturated carbocycles. The van der Waals surface area contributed by atoms with Gasteiger partial charge in [-0.25, -0.2) is 0 Å². The minimum Gasteiger partial charge on any atom is -0.497 e. The van der Waals surface area contributed by atoms with Crippen LogP contribution in [-0.4, -0.2) is 16.9 Å². The van der Waals surface area contributed by atoms with E-state index in [1.807, 2.05) is 36.0 Å². The third-order valence-electron chi connectivity index (χ3n) is 3.03. The number of aryl methyl sites for hydroxylation is 1. The number of anilines is 1. The van der Waals surface area contributed by atoms with Crippen molar-refractivity contribution in [3.05, 3.63) is 29.8 Å². The molecule has 0 atom stereocenters. The summed E-state index contributed by atoms with van der Waals surface area (Å²) in [6.45, 7) is 4.24. The Morgan fingerprint density at radius 1 is 1.33 bits per heavy atom. The van der Waals surface area contributed by atoms with Gasteiger partial charge in [0.15, 0.2) is 0 Å². The summed E-state index contributed by atoms with van der Waals surface area (Å²) in [5.41, 5.74) is 9.21. The second-order valence-electron chi connectivity index (χ2n) is 4.66. The molecule has 0 aliphatic rings. The lowest BCUT2D eigenvalue weighted by atomic mass is 9.98. The van der Waals surface area contributed by atoms with E-state index < -0.39 is 0 Å². The number of rotatable bonds is 3. The Balaban J connectivity index is 2.62. The highest BCUT2D eigenvalue weighted by molar-refractivity contribution is 5.70. The summed E-state index contributed by atoms with van der Waals surface area (Å²) in [4.78, 5) is 0. The number of aromatic nitrogens is 2. The zero-order valence-corrected chi connectivity index (χ0v) is 11.3. The molecule has 0 bridgehead atoms. The van der Waals surface area contributed by atoms with Gasteiger partial charge in [-0.15, -0.1) is 0 Å². The first-order valence-electron chi connectivity index (χ1n) is 6.01. The largest absolute Gasteiger partial charge is 0.497 e. The van der Waals surface area contributed by atoms with Crippen molar-refractivity contribution in [3.63, 3.8) is 0 Å². The second kappa shape index (κ2) is 4.72. The van der Waals surface area contributed by atoms with Crippen molar-refractivity contribution in [3.8, 4) is 17.0 Å². The van der Waals surface area contributed by atoms with E-state index in [2.05, 4.69) is 18.9 Å². The number of nitrogen functional groups attached to an aromatic ring is 1. The fourth-order valence-electron chi connectivity index (χ4n) is 2.24. The highest BCUT2D eigenvalue weighted by atomic mass is 16.5. The van der Waals surface area contributed by atoms with E-state index in [0.29, 0.717) is 11.7 Å². The molecule has 0 spiro atoms. The second-order valence-corrected chi connectivity index (χ2v) is 4.66. The lowest BCUT2D eigenvalue weighted by molar-refractivity contribution is 0.415. The molecule has 1 aromatic heterocycles. The van der Waals surface area contributed by atoms with Crippen LogP contribution < -0.4 is 10.5 Å². The van der Waals surface area contributed by atoms with Crippen LogP contribution in [-0.2, 0) is 7.05 Å². The number of ether oxygens (including phenoxy) is 1. The van der Waals surface area contributed by atoms with Gasteiger partial charge in [-0.05, 0) is 18.1 Å². The molecular weight excluding hydrogens is 226 g/mol. The van der Waals surface area contributed by atoms with E-state index in [1.54, 1.807) is 7.11 Å². The molecule has 2 rings (SSSR count). The summed E-state index contributed by atoms with van der Waals surface area (Å²) >= 11 is 0. The number of methoxy groups -OCH3 is 1. The molecule has 2 N–H and O–H groups in total. The monoisotopic (exact) mass is 245 g/mol. The Hall–Kier alpha value is -1.97. The average Bonchev–Trinajstić information content (AvgIpc) is 2.64. The minimum absolute atomic E-state index is 0.333. The number of nitrogens with two attached hydrogens (primary N) is 1. The first-order valence-corrected chi connectivity index (χ1v) is 6.01. The van der Waals surface area contributed by atoms with Crippen LogP contribution in [0.1, 0.15) is 25.3 Å². The fourth-order valence-corrected chi connectivity index (χ4v) is 2.24. The van der Waals surface area contributed by atoms with Crippen molar-refractivity contribution < 1.29 is 4.74 Å². The molecule has 4 heteroatoms. The Kier molecular flexibility index (Phi) is 3.28. The third-order valence-corrected chi connectivity index (χ3v) is 3.03. The van der Waals surface area contributed by atoms with Crippen LogP contribution >= 0.6 is 0 Å². The number of hydrogen-bond donors (Lipinski definition) is 1. The lowest BCUT2D eigenvalue weighted by Crippen LogP contribution is -1.97. The van der Waals surface area contributed by atoms with Crippen LogP contribution in [0.15, 0.2) is 24.3 Å². The SMILES string of the molecule is COc1cccc(-c2c(C(C)C)c(N)nn2C)c1. The first kappa shape index (κ1) is 12.5. The summed E-state index contributed by atoms with van der Waals surface area (Å²) in [5.74, 6) is 1.77. The summed E-state index contributed by atoms with van der Waals surface area (Å²) in [6, 6.07) is 7.95. The molecule has 0 fully saturated rings. The van der Waals surface area contributed by atoms with Crippen LogP contribution in [0, 0.1) is 0 Å². The van der Waals surface area contributed by atoms with Gasteiger partial charge in [-0.1, -0.05) is 26.0 Å². The summed E-state index contributed by atoms with van der Waals surface area (Å²) in [5, 5.41) is 4.32. The summed E-state index contributed by atoms with van der Waals surface area (Å²) in [7, 11) is 3.58. The van der Waals surface area contributed by atoms with Gasteiger partial charge in [0.2, 0.25) is 0 Å². The molecule has 0 aliphatic carbocycles. The molecule has 18 heavy (non-hydrogen) atoms. The maximum absolute atomic E-state index is 5.99. The molecule has 2 aromatic rings. The van der Waals surface area contributed by atoms with Crippen LogP contribution in [0.3, 0.4) is 0 Å². The average molecular weight is 245 g/mol. The molecular formula is C14H19N3O. The molecule has 4 nitrogen and oxygen atoms in total. The van der Waals surface area contributed by atoms with E-state index in [9.17, 15) is 0 Å². The Labute approximate surface area is 107 Å². The minimum atomic E-state index is 0.333. The highest BCUT2D eigenvalue weighted by Gasteiger charge is 2.18. The quantitative estimate of drug-likeness (QED) is 0.904. The van der Waals surface area contributed by atoms with E-state index >= 15 is 0 Å². The van der Waals surface area contributed by atoms with Crippen molar-refractivity contribution in [2.24, 2.45) is 7.05 Å². The predicted molar refractivity (Wildman–Crippen MR) is 73.7 cm³/mol. The molecule has 0 aliphatic heterocycles. The lowest BCUT2D eigenvalue weighted by Gasteiger charge is -2.10.